The van der Waals surface area contributed by atoms with E-state index in [0.717, 1.165) is 19.4 Å². The van der Waals surface area contributed by atoms with E-state index in [1.54, 1.807) is 0 Å². The first-order valence-electron chi connectivity index (χ1n) is 5.76. The van der Waals surface area contributed by atoms with Crippen LogP contribution in [0.25, 0.3) is 0 Å². The van der Waals surface area contributed by atoms with Crippen molar-refractivity contribution in [2.45, 2.75) is 38.8 Å². The Morgan fingerprint density at radius 1 is 1.33 bits per heavy atom. The molecule has 0 radical (unpaired) electrons. The van der Waals surface area contributed by atoms with Gasteiger partial charge in [-0.05, 0) is 38.3 Å². The van der Waals surface area contributed by atoms with Gasteiger partial charge in [0.25, 0.3) is 0 Å². The molecule has 15 heavy (non-hydrogen) atoms. The van der Waals surface area contributed by atoms with E-state index in [0.29, 0.717) is 12.1 Å². The van der Waals surface area contributed by atoms with Crippen LogP contribution in [0, 0.1) is 6.92 Å². The summed E-state index contributed by atoms with van der Waals surface area (Å²) in [4.78, 5) is 2.48. The van der Waals surface area contributed by atoms with Gasteiger partial charge in [-0.2, -0.15) is 0 Å². The molecule has 1 saturated heterocycles. The summed E-state index contributed by atoms with van der Waals surface area (Å²) in [5.74, 6) is 0. The molecule has 2 unspecified atom stereocenters. The average molecular weight is 204 g/mol. The second kappa shape index (κ2) is 4.23. The van der Waals surface area contributed by atoms with Gasteiger partial charge < -0.3 is 10.6 Å². The van der Waals surface area contributed by atoms with Gasteiger partial charge in [-0.15, -0.1) is 0 Å². The summed E-state index contributed by atoms with van der Waals surface area (Å²) >= 11 is 0. The zero-order valence-corrected chi connectivity index (χ0v) is 9.61. The van der Waals surface area contributed by atoms with E-state index in [-0.39, 0.29) is 0 Å². The maximum atomic E-state index is 5.98. The average Bonchev–Trinajstić information content (AvgIpc) is 2.20. The number of anilines is 1. The molecule has 2 rings (SSSR count). The minimum Gasteiger partial charge on any atom is -0.368 e. The lowest BCUT2D eigenvalue weighted by molar-refractivity contribution is 0.429. The number of piperidine rings is 1. The summed E-state index contributed by atoms with van der Waals surface area (Å²) in [5.41, 5.74) is 8.71. The van der Waals surface area contributed by atoms with Crippen molar-refractivity contribution in [2.75, 3.05) is 11.4 Å². The summed E-state index contributed by atoms with van der Waals surface area (Å²) < 4.78 is 0. The molecular formula is C13H20N2. The summed E-state index contributed by atoms with van der Waals surface area (Å²) in [5, 5.41) is 0. The third-order valence-electron chi connectivity index (χ3n) is 3.34. The number of benzene rings is 1. The van der Waals surface area contributed by atoms with Gasteiger partial charge in [-0.3, -0.25) is 0 Å². The number of rotatable bonds is 1. The molecule has 2 nitrogen and oxygen atoms in total. The molecule has 2 atom stereocenters. The molecule has 1 aliphatic rings. The zero-order chi connectivity index (χ0) is 10.8. The normalized spacial score (nSPS) is 26.7. The molecule has 0 saturated carbocycles. The first kappa shape index (κ1) is 10.5. The van der Waals surface area contributed by atoms with Gasteiger partial charge in [-0.25, -0.2) is 0 Å². The van der Waals surface area contributed by atoms with Gasteiger partial charge in [0.1, 0.15) is 0 Å². The van der Waals surface area contributed by atoms with Crippen LogP contribution in [0.1, 0.15) is 25.3 Å². The first-order chi connectivity index (χ1) is 7.18. The molecule has 1 aromatic rings. The highest BCUT2D eigenvalue weighted by molar-refractivity contribution is 5.54. The van der Waals surface area contributed by atoms with Gasteiger partial charge in [0.2, 0.25) is 0 Å². The first-order valence-corrected chi connectivity index (χ1v) is 5.76. The Morgan fingerprint density at radius 2 is 2.07 bits per heavy atom. The van der Waals surface area contributed by atoms with Crippen LogP contribution in [-0.2, 0) is 0 Å². The van der Waals surface area contributed by atoms with Crippen molar-refractivity contribution in [2.24, 2.45) is 5.73 Å². The lowest BCUT2D eigenvalue weighted by Gasteiger charge is -2.38. The number of hydrogen-bond donors (Lipinski definition) is 1. The zero-order valence-electron chi connectivity index (χ0n) is 9.61. The number of hydrogen-bond acceptors (Lipinski definition) is 2. The molecule has 1 fully saturated rings. The van der Waals surface area contributed by atoms with E-state index in [9.17, 15) is 0 Å². The minimum atomic E-state index is 0.389. The van der Waals surface area contributed by atoms with Crippen LogP contribution in [0.15, 0.2) is 24.3 Å². The maximum absolute atomic E-state index is 5.98. The van der Waals surface area contributed by atoms with E-state index in [4.69, 9.17) is 5.73 Å². The van der Waals surface area contributed by atoms with Crippen LogP contribution in [-0.4, -0.2) is 18.6 Å². The van der Waals surface area contributed by atoms with Crippen molar-refractivity contribution < 1.29 is 0 Å². The highest BCUT2D eigenvalue weighted by Gasteiger charge is 2.23. The standard InChI is InChI=1S/C13H20N2/c1-10-5-3-4-6-13(10)15-8-7-12(14)9-11(15)2/h3-6,11-12H,7-9,14H2,1-2H3. The second-order valence-corrected chi connectivity index (χ2v) is 4.61. The van der Waals surface area contributed by atoms with Crippen LogP contribution in [0.5, 0.6) is 0 Å². The van der Waals surface area contributed by atoms with Crippen LogP contribution in [0.3, 0.4) is 0 Å². The number of aryl methyl sites for hydroxylation is 1. The Labute approximate surface area is 92.1 Å². The number of nitrogens with two attached hydrogens (primary N) is 1. The molecule has 0 amide bonds. The molecule has 1 aromatic carbocycles. The molecule has 2 heteroatoms. The van der Waals surface area contributed by atoms with E-state index >= 15 is 0 Å². The van der Waals surface area contributed by atoms with Crippen molar-refractivity contribution in [1.82, 2.24) is 0 Å². The predicted molar refractivity (Wildman–Crippen MR) is 65.2 cm³/mol. The second-order valence-electron chi connectivity index (χ2n) is 4.61. The smallest absolute Gasteiger partial charge is 0.0398 e. The maximum Gasteiger partial charge on any atom is 0.0398 e. The molecule has 82 valence electrons. The Hall–Kier alpha value is -1.02. The van der Waals surface area contributed by atoms with Crippen LogP contribution in [0.2, 0.25) is 0 Å². The minimum absolute atomic E-state index is 0.389. The van der Waals surface area contributed by atoms with Crippen LogP contribution >= 0.6 is 0 Å². The van der Waals surface area contributed by atoms with E-state index in [1.165, 1.54) is 11.3 Å². The predicted octanol–water partition coefficient (Wildman–Crippen LogP) is 2.31. The van der Waals surface area contributed by atoms with Gasteiger partial charge in [0, 0.05) is 24.3 Å². The Kier molecular flexibility index (Phi) is 2.96. The monoisotopic (exact) mass is 204 g/mol. The molecule has 1 aliphatic heterocycles. The fraction of sp³-hybridized carbons (Fsp3) is 0.538. The van der Waals surface area contributed by atoms with Crippen LogP contribution < -0.4 is 10.6 Å². The van der Waals surface area contributed by atoms with Crippen molar-refractivity contribution in [3.05, 3.63) is 29.8 Å². The quantitative estimate of drug-likeness (QED) is 0.760. The van der Waals surface area contributed by atoms with Crippen molar-refractivity contribution in [3.8, 4) is 0 Å². The highest BCUT2D eigenvalue weighted by Crippen LogP contribution is 2.26. The third-order valence-corrected chi connectivity index (χ3v) is 3.34. The van der Waals surface area contributed by atoms with Gasteiger partial charge >= 0.3 is 0 Å². The molecular weight excluding hydrogens is 184 g/mol. The SMILES string of the molecule is Cc1ccccc1N1CCC(N)CC1C. The molecule has 2 N–H and O–H groups in total. The van der Waals surface area contributed by atoms with Crippen molar-refractivity contribution in [3.63, 3.8) is 0 Å². The topological polar surface area (TPSA) is 29.3 Å². The fourth-order valence-corrected chi connectivity index (χ4v) is 2.45. The highest BCUT2D eigenvalue weighted by atomic mass is 15.2. The van der Waals surface area contributed by atoms with Crippen molar-refractivity contribution >= 4 is 5.69 Å². The van der Waals surface area contributed by atoms with E-state index in [1.807, 2.05) is 0 Å². The van der Waals surface area contributed by atoms with Gasteiger partial charge in [-0.1, -0.05) is 18.2 Å². The van der Waals surface area contributed by atoms with Gasteiger partial charge in [0.15, 0.2) is 0 Å². The molecule has 0 bridgehead atoms. The van der Waals surface area contributed by atoms with Crippen LogP contribution in [0.4, 0.5) is 5.69 Å². The lowest BCUT2D eigenvalue weighted by atomic mass is 9.97. The van der Waals surface area contributed by atoms with E-state index < -0.39 is 0 Å². The Balaban J connectivity index is 2.20. The number of para-hydroxylation sites is 1. The Morgan fingerprint density at radius 3 is 2.73 bits per heavy atom. The van der Waals surface area contributed by atoms with Crippen molar-refractivity contribution in [1.29, 1.82) is 0 Å². The fourth-order valence-electron chi connectivity index (χ4n) is 2.45. The molecule has 0 aliphatic carbocycles. The largest absolute Gasteiger partial charge is 0.368 e. The van der Waals surface area contributed by atoms with Gasteiger partial charge in [0.05, 0.1) is 0 Å². The molecule has 0 spiro atoms. The third kappa shape index (κ3) is 2.15. The summed E-state index contributed by atoms with van der Waals surface area (Å²) in [7, 11) is 0. The summed E-state index contributed by atoms with van der Waals surface area (Å²) in [6.45, 7) is 5.54. The number of nitrogens with zero attached hydrogens (tertiary/aromatic N) is 1. The molecule has 0 aromatic heterocycles. The summed E-state index contributed by atoms with van der Waals surface area (Å²) in [6, 6.07) is 9.55. The Bertz CT molecular complexity index is 335. The summed E-state index contributed by atoms with van der Waals surface area (Å²) in [6.07, 6.45) is 2.22. The lowest BCUT2D eigenvalue weighted by Crippen LogP contribution is -2.45. The molecule has 1 heterocycles. The van der Waals surface area contributed by atoms with E-state index in [2.05, 4.69) is 43.0 Å².